The molecule has 0 fully saturated rings. The average molecular weight is 365 g/mol. The minimum absolute atomic E-state index is 0.284. The zero-order chi connectivity index (χ0) is 18.9. The zero-order valence-electron chi connectivity index (χ0n) is 15.5. The van der Waals surface area contributed by atoms with Gasteiger partial charge in [0.25, 0.3) is 10.0 Å². The lowest BCUT2D eigenvalue weighted by Crippen LogP contribution is -2.27. The minimum atomic E-state index is -3.75. The smallest absolute Gasteiger partial charge is 0.234 e. The molecule has 3 aromatic rings. The Bertz CT molecular complexity index is 1000. The van der Waals surface area contributed by atoms with Crippen molar-refractivity contribution in [3.63, 3.8) is 0 Å². The van der Waals surface area contributed by atoms with Crippen LogP contribution in [0.2, 0.25) is 0 Å². The summed E-state index contributed by atoms with van der Waals surface area (Å²) < 4.78 is 28.6. The van der Waals surface area contributed by atoms with Crippen LogP contribution in [0.5, 0.6) is 0 Å². The molecule has 0 aliphatic carbocycles. The van der Waals surface area contributed by atoms with Crippen molar-refractivity contribution in [2.75, 3.05) is 4.31 Å². The van der Waals surface area contributed by atoms with Crippen molar-refractivity contribution >= 4 is 21.4 Å². The van der Waals surface area contributed by atoms with Gasteiger partial charge in [0, 0.05) is 0 Å². The molecule has 0 saturated carbocycles. The highest BCUT2D eigenvalue weighted by atomic mass is 32.2. The summed E-state index contributed by atoms with van der Waals surface area (Å²) in [5.74, 6) is 0. The summed E-state index contributed by atoms with van der Waals surface area (Å²) in [6.07, 6.45) is 0. The van der Waals surface area contributed by atoms with Crippen LogP contribution in [0.1, 0.15) is 22.3 Å². The number of benzene rings is 3. The molecule has 3 aromatic carbocycles. The van der Waals surface area contributed by atoms with Crippen LogP contribution in [-0.2, 0) is 10.0 Å². The van der Waals surface area contributed by atoms with Crippen LogP contribution in [0, 0.1) is 27.7 Å². The van der Waals surface area contributed by atoms with Crippen molar-refractivity contribution in [3.8, 4) is 0 Å². The van der Waals surface area contributed by atoms with E-state index < -0.39 is 10.0 Å². The maximum atomic E-state index is 13.6. The average Bonchev–Trinajstić information content (AvgIpc) is 2.59. The third kappa shape index (κ3) is 3.37. The summed E-state index contributed by atoms with van der Waals surface area (Å²) >= 11 is 0. The number of sulfonamides is 1. The number of nitrogens with zero attached hydrogens (tertiary/aromatic N) is 1. The number of hydrogen-bond donors (Lipinski definition) is 0. The van der Waals surface area contributed by atoms with E-state index >= 15 is 0 Å². The van der Waals surface area contributed by atoms with E-state index in [1.54, 1.807) is 12.1 Å². The molecule has 0 heterocycles. The Hall–Kier alpha value is -2.59. The fourth-order valence-corrected chi connectivity index (χ4v) is 4.88. The standard InChI is InChI=1S/C22H23NO2S/c1-16-10-12-21(13-11-16)26(24,25)23(20-8-6-5-7-9-20)22-18(3)14-17(2)15-19(22)4/h5-15H,1-4H3. The molecule has 3 nitrogen and oxygen atoms in total. The molecule has 0 radical (unpaired) electrons. The molecule has 0 saturated heterocycles. The van der Waals surface area contributed by atoms with Gasteiger partial charge in [-0.15, -0.1) is 0 Å². The van der Waals surface area contributed by atoms with Crippen LogP contribution in [0.4, 0.5) is 11.4 Å². The van der Waals surface area contributed by atoms with Crippen LogP contribution in [0.25, 0.3) is 0 Å². The van der Waals surface area contributed by atoms with Gasteiger partial charge in [-0.2, -0.15) is 0 Å². The molecule has 0 N–H and O–H groups in total. The van der Waals surface area contributed by atoms with Crippen LogP contribution < -0.4 is 4.31 Å². The first kappa shape index (κ1) is 18.2. The summed E-state index contributed by atoms with van der Waals surface area (Å²) in [6.45, 7) is 7.87. The van der Waals surface area contributed by atoms with E-state index in [-0.39, 0.29) is 4.90 Å². The van der Waals surface area contributed by atoms with Crippen LogP contribution in [-0.4, -0.2) is 8.42 Å². The lowest BCUT2D eigenvalue weighted by Gasteiger charge is -2.28. The van der Waals surface area contributed by atoms with E-state index in [2.05, 4.69) is 0 Å². The second-order valence-corrected chi connectivity index (χ2v) is 8.45. The molecular formula is C22H23NO2S. The molecule has 0 aromatic heterocycles. The molecule has 0 spiro atoms. The monoisotopic (exact) mass is 365 g/mol. The highest BCUT2D eigenvalue weighted by Gasteiger charge is 2.29. The summed E-state index contributed by atoms with van der Waals surface area (Å²) in [6, 6.07) is 20.3. The van der Waals surface area contributed by atoms with Crippen molar-refractivity contribution in [2.45, 2.75) is 32.6 Å². The number of anilines is 2. The zero-order valence-corrected chi connectivity index (χ0v) is 16.3. The van der Waals surface area contributed by atoms with Gasteiger partial charge in [-0.25, -0.2) is 12.7 Å². The predicted molar refractivity (Wildman–Crippen MR) is 108 cm³/mol. The highest BCUT2D eigenvalue weighted by Crippen LogP contribution is 2.37. The number of rotatable bonds is 4. The van der Waals surface area contributed by atoms with Crippen LogP contribution in [0.3, 0.4) is 0 Å². The SMILES string of the molecule is Cc1ccc(S(=O)(=O)N(c2ccccc2)c2c(C)cc(C)cc2C)cc1. The largest absolute Gasteiger partial charge is 0.268 e. The van der Waals surface area contributed by atoms with Crippen molar-refractivity contribution in [2.24, 2.45) is 0 Å². The Labute approximate surface area is 156 Å². The fraction of sp³-hybridized carbons (Fsp3) is 0.182. The summed E-state index contributed by atoms with van der Waals surface area (Å²) in [4.78, 5) is 0.284. The lowest BCUT2D eigenvalue weighted by molar-refractivity contribution is 0.596. The minimum Gasteiger partial charge on any atom is -0.234 e. The highest BCUT2D eigenvalue weighted by molar-refractivity contribution is 7.93. The summed E-state index contributed by atoms with van der Waals surface area (Å²) in [7, 11) is -3.75. The molecule has 0 aliphatic rings. The van der Waals surface area contributed by atoms with E-state index in [1.807, 2.05) is 82.3 Å². The maximum absolute atomic E-state index is 13.6. The molecule has 3 rings (SSSR count). The van der Waals surface area contributed by atoms with Crippen molar-refractivity contribution in [3.05, 3.63) is 89.0 Å². The Morgan fingerprint density at radius 2 is 1.23 bits per heavy atom. The second-order valence-electron chi connectivity index (χ2n) is 6.67. The van der Waals surface area contributed by atoms with Crippen molar-refractivity contribution in [1.82, 2.24) is 0 Å². The Morgan fingerprint density at radius 1 is 0.692 bits per heavy atom. The van der Waals surface area contributed by atoms with Crippen LogP contribution >= 0.6 is 0 Å². The van der Waals surface area contributed by atoms with Gasteiger partial charge >= 0.3 is 0 Å². The molecule has 134 valence electrons. The Balaban J connectivity index is 2.28. The molecule has 0 amide bonds. The van der Waals surface area contributed by atoms with Gasteiger partial charge < -0.3 is 0 Å². The van der Waals surface area contributed by atoms with E-state index in [9.17, 15) is 8.42 Å². The molecule has 0 atom stereocenters. The molecule has 4 heteroatoms. The van der Waals surface area contributed by atoms with E-state index in [1.165, 1.54) is 4.31 Å². The summed E-state index contributed by atoms with van der Waals surface area (Å²) in [5.41, 5.74) is 5.34. The lowest BCUT2D eigenvalue weighted by atomic mass is 10.0. The van der Waals surface area contributed by atoms with Crippen molar-refractivity contribution in [1.29, 1.82) is 0 Å². The van der Waals surface area contributed by atoms with E-state index in [0.29, 0.717) is 11.4 Å². The van der Waals surface area contributed by atoms with Gasteiger partial charge in [0.05, 0.1) is 16.3 Å². The van der Waals surface area contributed by atoms with E-state index in [4.69, 9.17) is 0 Å². The number of para-hydroxylation sites is 1. The first-order valence-corrected chi connectivity index (χ1v) is 9.99. The fourth-order valence-electron chi connectivity index (χ4n) is 3.26. The van der Waals surface area contributed by atoms with Gasteiger partial charge in [0.2, 0.25) is 0 Å². The first-order chi connectivity index (χ1) is 12.3. The van der Waals surface area contributed by atoms with Crippen LogP contribution in [0.15, 0.2) is 71.6 Å². The molecule has 0 bridgehead atoms. The molecule has 0 aliphatic heterocycles. The quantitative estimate of drug-likeness (QED) is 0.617. The third-order valence-corrected chi connectivity index (χ3v) is 6.13. The Morgan fingerprint density at radius 3 is 1.77 bits per heavy atom. The molecular weight excluding hydrogens is 342 g/mol. The van der Waals surface area contributed by atoms with Crippen molar-refractivity contribution < 1.29 is 8.42 Å². The van der Waals surface area contributed by atoms with Gasteiger partial charge in [-0.3, -0.25) is 0 Å². The maximum Gasteiger partial charge on any atom is 0.268 e. The predicted octanol–water partition coefficient (Wildman–Crippen LogP) is 5.45. The van der Waals surface area contributed by atoms with Gasteiger partial charge in [-0.1, -0.05) is 53.6 Å². The number of hydrogen-bond acceptors (Lipinski definition) is 2. The van der Waals surface area contributed by atoms with Gasteiger partial charge in [0.1, 0.15) is 0 Å². The Kier molecular flexibility index (Phi) is 4.88. The topological polar surface area (TPSA) is 37.4 Å². The van der Waals surface area contributed by atoms with Gasteiger partial charge in [0.15, 0.2) is 0 Å². The van der Waals surface area contributed by atoms with Gasteiger partial charge in [-0.05, 0) is 63.1 Å². The normalized spacial score (nSPS) is 11.4. The molecule has 0 unspecified atom stereocenters. The molecule has 26 heavy (non-hydrogen) atoms. The summed E-state index contributed by atoms with van der Waals surface area (Å²) in [5, 5.41) is 0. The number of aryl methyl sites for hydroxylation is 4. The van der Waals surface area contributed by atoms with E-state index in [0.717, 1.165) is 22.3 Å². The second kappa shape index (κ2) is 6.96. The third-order valence-electron chi connectivity index (χ3n) is 4.39. The first-order valence-electron chi connectivity index (χ1n) is 8.55.